The van der Waals surface area contributed by atoms with Gasteiger partial charge in [0, 0.05) is 18.2 Å². The Morgan fingerprint density at radius 3 is 2.32 bits per heavy atom. The van der Waals surface area contributed by atoms with E-state index in [0.29, 0.717) is 17.7 Å². The van der Waals surface area contributed by atoms with E-state index in [4.69, 9.17) is 0 Å². The predicted molar refractivity (Wildman–Crippen MR) is 109 cm³/mol. The molecule has 144 valence electrons. The van der Waals surface area contributed by atoms with Crippen molar-refractivity contribution < 1.29 is 9.59 Å². The van der Waals surface area contributed by atoms with Gasteiger partial charge in [-0.15, -0.1) is 0 Å². The van der Waals surface area contributed by atoms with E-state index >= 15 is 0 Å². The number of hydrogen-bond donors (Lipinski definition) is 2. The molecule has 3 aromatic rings. The normalized spacial score (nSPS) is 10.7. The first-order valence-electron chi connectivity index (χ1n) is 9.25. The fourth-order valence-corrected chi connectivity index (χ4v) is 2.79. The molecule has 28 heavy (non-hydrogen) atoms. The Hall–Kier alpha value is -3.41. The highest BCUT2D eigenvalue weighted by molar-refractivity contribution is 6.00. The number of aryl methyl sites for hydroxylation is 1. The summed E-state index contributed by atoms with van der Waals surface area (Å²) in [6.45, 7) is 5.90. The van der Waals surface area contributed by atoms with Gasteiger partial charge in [0.05, 0.1) is 11.3 Å². The highest BCUT2D eigenvalue weighted by Crippen LogP contribution is 2.23. The lowest BCUT2D eigenvalue weighted by Gasteiger charge is -2.08. The number of amides is 2. The number of rotatable bonds is 5. The SMILES string of the molecule is Cc1ccc(-n2cc(C(=O)NNC(=O)CC(C)C)c(-c3ccccc3)n2)cc1. The standard InChI is InChI=1S/C22H24N4O2/c1-15(2)13-20(27)23-24-22(28)19-14-26(18-11-9-16(3)10-12-18)25-21(19)17-7-5-4-6-8-17/h4-12,14-15H,13H2,1-3H3,(H,23,27)(H,24,28). The van der Waals surface area contributed by atoms with Gasteiger partial charge in [-0.25, -0.2) is 4.68 Å². The zero-order valence-electron chi connectivity index (χ0n) is 16.3. The van der Waals surface area contributed by atoms with Crippen molar-refractivity contribution in [3.8, 4) is 16.9 Å². The van der Waals surface area contributed by atoms with Crippen LogP contribution in [0.15, 0.2) is 60.8 Å². The molecule has 0 aliphatic heterocycles. The summed E-state index contributed by atoms with van der Waals surface area (Å²) in [6, 6.07) is 17.4. The maximum absolute atomic E-state index is 12.7. The second-order valence-electron chi connectivity index (χ2n) is 7.14. The summed E-state index contributed by atoms with van der Waals surface area (Å²) < 4.78 is 1.67. The topological polar surface area (TPSA) is 76.0 Å². The quantitative estimate of drug-likeness (QED) is 0.667. The smallest absolute Gasteiger partial charge is 0.273 e. The fourth-order valence-electron chi connectivity index (χ4n) is 2.79. The monoisotopic (exact) mass is 376 g/mol. The van der Waals surface area contributed by atoms with Gasteiger partial charge in [-0.2, -0.15) is 5.10 Å². The summed E-state index contributed by atoms with van der Waals surface area (Å²) in [5.41, 5.74) is 8.73. The Balaban J connectivity index is 1.91. The van der Waals surface area contributed by atoms with E-state index in [-0.39, 0.29) is 11.8 Å². The summed E-state index contributed by atoms with van der Waals surface area (Å²) in [4.78, 5) is 24.6. The van der Waals surface area contributed by atoms with Gasteiger partial charge >= 0.3 is 0 Å². The van der Waals surface area contributed by atoms with E-state index < -0.39 is 5.91 Å². The summed E-state index contributed by atoms with van der Waals surface area (Å²) in [6.07, 6.45) is 2.02. The summed E-state index contributed by atoms with van der Waals surface area (Å²) in [7, 11) is 0. The van der Waals surface area contributed by atoms with Gasteiger partial charge in [0.25, 0.3) is 5.91 Å². The molecule has 3 rings (SSSR count). The average molecular weight is 376 g/mol. The maximum atomic E-state index is 12.7. The number of carbonyl (C=O) groups excluding carboxylic acids is 2. The first kappa shape index (κ1) is 19.4. The molecule has 0 saturated carbocycles. The molecule has 6 heteroatoms. The maximum Gasteiger partial charge on any atom is 0.273 e. The van der Waals surface area contributed by atoms with Crippen LogP contribution in [0.5, 0.6) is 0 Å². The molecule has 2 aromatic carbocycles. The molecular formula is C22H24N4O2. The van der Waals surface area contributed by atoms with Gasteiger partial charge < -0.3 is 0 Å². The van der Waals surface area contributed by atoms with E-state index in [1.54, 1.807) is 10.9 Å². The first-order valence-corrected chi connectivity index (χ1v) is 9.25. The van der Waals surface area contributed by atoms with Crippen molar-refractivity contribution in [1.29, 1.82) is 0 Å². The van der Waals surface area contributed by atoms with Crippen molar-refractivity contribution in [2.45, 2.75) is 27.2 Å². The van der Waals surface area contributed by atoms with Crippen molar-refractivity contribution in [3.63, 3.8) is 0 Å². The Kier molecular flexibility index (Phi) is 5.89. The molecule has 2 N–H and O–H groups in total. The Morgan fingerprint density at radius 1 is 1.00 bits per heavy atom. The van der Waals surface area contributed by atoms with Crippen LogP contribution in [0.1, 0.15) is 36.2 Å². The van der Waals surface area contributed by atoms with Crippen molar-refractivity contribution >= 4 is 11.8 Å². The molecule has 0 aliphatic carbocycles. The molecule has 0 bridgehead atoms. The average Bonchev–Trinajstić information content (AvgIpc) is 3.12. The van der Waals surface area contributed by atoms with Gasteiger partial charge in [0.15, 0.2) is 0 Å². The molecule has 0 atom stereocenters. The summed E-state index contributed by atoms with van der Waals surface area (Å²) >= 11 is 0. The number of hydrazine groups is 1. The number of carbonyl (C=O) groups is 2. The van der Waals surface area contributed by atoms with Crippen LogP contribution in [-0.4, -0.2) is 21.6 Å². The van der Waals surface area contributed by atoms with Gasteiger partial charge in [-0.05, 0) is 25.0 Å². The Bertz CT molecular complexity index is 960. The van der Waals surface area contributed by atoms with Crippen LogP contribution in [-0.2, 0) is 4.79 Å². The Labute approximate surface area is 164 Å². The van der Waals surface area contributed by atoms with Gasteiger partial charge in [0.1, 0.15) is 5.69 Å². The molecule has 0 spiro atoms. The zero-order chi connectivity index (χ0) is 20.1. The van der Waals surface area contributed by atoms with E-state index in [2.05, 4.69) is 16.0 Å². The Morgan fingerprint density at radius 2 is 1.68 bits per heavy atom. The van der Waals surface area contributed by atoms with E-state index in [1.807, 2.05) is 75.4 Å². The summed E-state index contributed by atoms with van der Waals surface area (Å²) in [5, 5.41) is 4.62. The summed E-state index contributed by atoms with van der Waals surface area (Å²) in [5.74, 6) is -0.425. The number of hydrogen-bond acceptors (Lipinski definition) is 3. The fraction of sp³-hybridized carbons (Fsp3) is 0.227. The molecule has 0 fully saturated rings. The third kappa shape index (κ3) is 4.65. The number of nitrogens with one attached hydrogen (secondary N) is 2. The van der Waals surface area contributed by atoms with Crippen LogP contribution in [0.3, 0.4) is 0 Å². The van der Waals surface area contributed by atoms with Gasteiger partial charge in [-0.3, -0.25) is 20.4 Å². The van der Waals surface area contributed by atoms with E-state index in [0.717, 1.165) is 16.8 Å². The van der Waals surface area contributed by atoms with Crippen molar-refractivity contribution in [1.82, 2.24) is 20.6 Å². The molecule has 1 heterocycles. The molecule has 0 unspecified atom stereocenters. The van der Waals surface area contributed by atoms with Crippen LogP contribution < -0.4 is 10.9 Å². The van der Waals surface area contributed by atoms with E-state index in [1.165, 1.54) is 0 Å². The predicted octanol–water partition coefficient (Wildman–Crippen LogP) is 3.65. The lowest BCUT2D eigenvalue weighted by atomic mass is 10.1. The van der Waals surface area contributed by atoms with Crippen LogP contribution in [0.25, 0.3) is 16.9 Å². The third-order valence-electron chi connectivity index (χ3n) is 4.21. The van der Waals surface area contributed by atoms with E-state index in [9.17, 15) is 9.59 Å². The number of aromatic nitrogens is 2. The second kappa shape index (κ2) is 8.52. The van der Waals surface area contributed by atoms with Crippen LogP contribution in [0.2, 0.25) is 0 Å². The molecular weight excluding hydrogens is 352 g/mol. The minimum Gasteiger partial charge on any atom is -0.273 e. The van der Waals surface area contributed by atoms with Crippen LogP contribution in [0.4, 0.5) is 0 Å². The lowest BCUT2D eigenvalue weighted by Crippen LogP contribution is -2.42. The zero-order valence-corrected chi connectivity index (χ0v) is 16.3. The van der Waals surface area contributed by atoms with Crippen LogP contribution >= 0.6 is 0 Å². The molecule has 1 aromatic heterocycles. The highest BCUT2D eigenvalue weighted by atomic mass is 16.2. The third-order valence-corrected chi connectivity index (χ3v) is 4.21. The molecule has 0 aliphatic rings. The lowest BCUT2D eigenvalue weighted by molar-refractivity contribution is -0.122. The molecule has 0 radical (unpaired) electrons. The molecule has 2 amide bonds. The highest BCUT2D eigenvalue weighted by Gasteiger charge is 2.19. The van der Waals surface area contributed by atoms with Crippen molar-refractivity contribution in [2.75, 3.05) is 0 Å². The van der Waals surface area contributed by atoms with Gasteiger partial charge in [-0.1, -0.05) is 61.9 Å². The molecule has 6 nitrogen and oxygen atoms in total. The first-order chi connectivity index (χ1) is 13.4. The van der Waals surface area contributed by atoms with Crippen LogP contribution in [0, 0.1) is 12.8 Å². The van der Waals surface area contributed by atoms with Gasteiger partial charge in [0.2, 0.25) is 5.91 Å². The minimum absolute atomic E-state index is 0.209. The number of nitrogens with zero attached hydrogens (tertiary/aromatic N) is 2. The molecule has 0 saturated heterocycles. The van der Waals surface area contributed by atoms with Crippen molar-refractivity contribution in [2.24, 2.45) is 5.92 Å². The minimum atomic E-state index is -0.408. The second-order valence-corrected chi connectivity index (χ2v) is 7.14. The number of benzene rings is 2. The largest absolute Gasteiger partial charge is 0.273 e. The van der Waals surface area contributed by atoms with Crippen molar-refractivity contribution in [3.05, 3.63) is 71.9 Å².